The van der Waals surface area contributed by atoms with Crippen molar-refractivity contribution < 1.29 is 9.53 Å². The van der Waals surface area contributed by atoms with E-state index in [0.29, 0.717) is 13.0 Å². The molecule has 0 radical (unpaired) electrons. The number of aryl methyl sites for hydroxylation is 1. The van der Waals surface area contributed by atoms with Crippen molar-refractivity contribution in [1.82, 2.24) is 14.8 Å². The van der Waals surface area contributed by atoms with Crippen LogP contribution in [-0.2, 0) is 17.8 Å². The van der Waals surface area contributed by atoms with Gasteiger partial charge in [0.15, 0.2) is 0 Å². The number of amides is 1. The Bertz CT molecular complexity index is 964. The molecule has 1 aliphatic heterocycles. The third-order valence-electron chi connectivity index (χ3n) is 5.54. The molecule has 4 rings (SSSR count). The number of hydrogen-bond acceptors (Lipinski definition) is 5. The van der Waals surface area contributed by atoms with Crippen LogP contribution in [0.3, 0.4) is 0 Å². The van der Waals surface area contributed by atoms with Crippen molar-refractivity contribution in [1.29, 1.82) is 0 Å². The molecule has 2 aromatic carbocycles. The van der Waals surface area contributed by atoms with Gasteiger partial charge in [-0.15, -0.1) is 11.3 Å². The summed E-state index contributed by atoms with van der Waals surface area (Å²) in [6, 6.07) is 18.4. The van der Waals surface area contributed by atoms with Crippen molar-refractivity contribution in [3.8, 4) is 16.3 Å². The molecule has 0 bridgehead atoms. The van der Waals surface area contributed by atoms with Gasteiger partial charge in [-0.1, -0.05) is 42.5 Å². The molecule has 1 saturated heterocycles. The fraction of sp³-hybridized carbons (Fsp3) is 0.360. The van der Waals surface area contributed by atoms with Gasteiger partial charge in [0.25, 0.3) is 0 Å². The molecule has 162 valence electrons. The first-order chi connectivity index (χ1) is 15.2. The highest BCUT2D eigenvalue weighted by atomic mass is 32.1. The van der Waals surface area contributed by atoms with Crippen LogP contribution in [0.1, 0.15) is 24.6 Å². The molecule has 0 aliphatic carbocycles. The summed E-state index contributed by atoms with van der Waals surface area (Å²) >= 11 is 1.69. The number of carbonyl (C=O) groups is 1. The summed E-state index contributed by atoms with van der Waals surface area (Å²) in [5.74, 6) is 1.12. The number of nitrogens with zero attached hydrogens (tertiary/aromatic N) is 3. The molecule has 3 aromatic rings. The monoisotopic (exact) mass is 435 g/mol. The highest BCUT2D eigenvalue weighted by Crippen LogP contribution is 2.24. The number of rotatable bonds is 8. The first-order valence-corrected chi connectivity index (χ1v) is 11.8. The average Bonchev–Trinajstić information content (AvgIpc) is 3.28. The number of aromatic nitrogens is 1. The van der Waals surface area contributed by atoms with Crippen molar-refractivity contribution in [3.05, 3.63) is 71.2 Å². The Morgan fingerprint density at radius 2 is 1.77 bits per heavy atom. The number of benzene rings is 2. The van der Waals surface area contributed by atoms with Crippen LogP contribution in [0.2, 0.25) is 0 Å². The fourth-order valence-electron chi connectivity index (χ4n) is 3.81. The van der Waals surface area contributed by atoms with Gasteiger partial charge in [-0.25, -0.2) is 4.98 Å². The zero-order chi connectivity index (χ0) is 21.5. The maximum Gasteiger partial charge on any atom is 0.222 e. The van der Waals surface area contributed by atoms with Gasteiger partial charge in [-0.05, 0) is 31.0 Å². The molecular formula is C25H29N3O2S. The summed E-state index contributed by atoms with van der Waals surface area (Å²) in [7, 11) is 0. The maximum absolute atomic E-state index is 12.6. The van der Waals surface area contributed by atoms with Gasteiger partial charge in [-0.2, -0.15) is 0 Å². The number of thiazole rings is 1. The van der Waals surface area contributed by atoms with Crippen LogP contribution in [0.4, 0.5) is 0 Å². The van der Waals surface area contributed by atoms with Crippen molar-refractivity contribution in [2.75, 3.05) is 32.8 Å². The number of carbonyl (C=O) groups excluding carboxylic acids is 1. The van der Waals surface area contributed by atoms with Gasteiger partial charge in [0.2, 0.25) is 5.91 Å². The molecule has 5 nitrogen and oxygen atoms in total. The van der Waals surface area contributed by atoms with Gasteiger partial charge < -0.3 is 9.64 Å². The van der Waals surface area contributed by atoms with E-state index in [9.17, 15) is 4.79 Å². The predicted octanol–water partition coefficient (Wildman–Crippen LogP) is 4.49. The van der Waals surface area contributed by atoms with Crippen molar-refractivity contribution in [3.63, 3.8) is 0 Å². The first kappa shape index (κ1) is 21.5. The summed E-state index contributed by atoms with van der Waals surface area (Å²) in [6.45, 7) is 6.86. The second-order valence-corrected chi connectivity index (χ2v) is 8.60. The van der Waals surface area contributed by atoms with Crippen LogP contribution in [0, 0.1) is 0 Å². The lowest BCUT2D eigenvalue weighted by atomic mass is 10.1. The summed E-state index contributed by atoms with van der Waals surface area (Å²) < 4.78 is 5.47. The largest absolute Gasteiger partial charge is 0.494 e. The van der Waals surface area contributed by atoms with E-state index in [4.69, 9.17) is 9.72 Å². The highest BCUT2D eigenvalue weighted by molar-refractivity contribution is 7.13. The van der Waals surface area contributed by atoms with Crippen LogP contribution < -0.4 is 4.74 Å². The van der Waals surface area contributed by atoms with E-state index in [0.717, 1.165) is 55.6 Å². The molecule has 2 heterocycles. The van der Waals surface area contributed by atoms with Crippen molar-refractivity contribution in [2.45, 2.75) is 26.3 Å². The summed E-state index contributed by atoms with van der Waals surface area (Å²) in [6.07, 6.45) is 1.33. The van der Waals surface area contributed by atoms with Crippen LogP contribution in [0.25, 0.3) is 10.6 Å². The minimum atomic E-state index is 0.244. The van der Waals surface area contributed by atoms with Crippen molar-refractivity contribution in [2.24, 2.45) is 0 Å². The van der Waals surface area contributed by atoms with Gasteiger partial charge in [0, 0.05) is 50.1 Å². The number of piperazine rings is 1. The number of ether oxygens (including phenoxy) is 1. The van der Waals surface area contributed by atoms with Crippen LogP contribution in [0.15, 0.2) is 60.0 Å². The van der Waals surface area contributed by atoms with Gasteiger partial charge in [0.1, 0.15) is 10.8 Å². The average molecular weight is 436 g/mol. The molecule has 6 heteroatoms. The Hall–Kier alpha value is -2.70. The van der Waals surface area contributed by atoms with Crippen LogP contribution in [-0.4, -0.2) is 53.5 Å². The van der Waals surface area contributed by atoms with Gasteiger partial charge in [0.05, 0.1) is 12.3 Å². The van der Waals surface area contributed by atoms with Gasteiger partial charge in [-0.3, -0.25) is 9.69 Å². The van der Waals surface area contributed by atoms with E-state index in [-0.39, 0.29) is 5.91 Å². The quantitative estimate of drug-likeness (QED) is 0.523. The van der Waals surface area contributed by atoms with E-state index in [1.54, 1.807) is 11.3 Å². The minimum Gasteiger partial charge on any atom is -0.494 e. The molecule has 0 saturated carbocycles. The summed E-state index contributed by atoms with van der Waals surface area (Å²) in [5, 5.41) is 3.22. The first-order valence-electron chi connectivity index (χ1n) is 10.9. The molecular weight excluding hydrogens is 406 g/mol. The molecule has 1 aliphatic rings. The smallest absolute Gasteiger partial charge is 0.222 e. The second-order valence-electron chi connectivity index (χ2n) is 7.74. The standard InChI is InChI=1S/C25H29N3O2S/c1-2-30-23-11-8-20(9-12-23)10-13-24(29)28-16-14-27(15-17-28)18-22-19-31-25(26-22)21-6-4-3-5-7-21/h3-9,11-12,19H,2,10,13-18H2,1H3. The SMILES string of the molecule is CCOc1ccc(CCC(=O)N2CCN(Cc3csc(-c4ccccc4)n3)CC2)cc1. The van der Waals surface area contributed by atoms with Crippen LogP contribution >= 0.6 is 11.3 Å². The lowest BCUT2D eigenvalue weighted by Crippen LogP contribution is -2.48. The molecule has 1 fully saturated rings. The fourth-order valence-corrected chi connectivity index (χ4v) is 4.62. The van der Waals surface area contributed by atoms with E-state index < -0.39 is 0 Å². The van der Waals surface area contributed by atoms with E-state index in [1.807, 2.05) is 54.3 Å². The van der Waals surface area contributed by atoms with Crippen LogP contribution in [0.5, 0.6) is 5.75 Å². The third kappa shape index (κ3) is 5.93. The Morgan fingerprint density at radius 3 is 2.48 bits per heavy atom. The zero-order valence-corrected chi connectivity index (χ0v) is 18.8. The second kappa shape index (κ2) is 10.6. The van der Waals surface area contributed by atoms with Crippen molar-refractivity contribution >= 4 is 17.2 Å². The Balaban J connectivity index is 1.21. The van der Waals surface area contributed by atoms with Gasteiger partial charge >= 0.3 is 0 Å². The lowest BCUT2D eigenvalue weighted by molar-refractivity contribution is -0.133. The Labute approximate surface area is 188 Å². The molecule has 0 spiro atoms. The zero-order valence-electron chi connectivity index (χ0n) is 18.0. The minimum absolute atomic E-state index is 0.244. The normalized spacial score (nSPS) is 14.5. The molecule has 0 unspecified atom stereocenters. The molecule has 31 heavy (non-hydrogen) atoms. The van der Waals surface area contributed by atoms with E-state index >= 15 is 0 Å². The Kier molecular flexibility index (Phi) is 7.33. The van der Waals surface area contributed by atoms with E-state index in [1.165, 1.54) is 11.1 Å². The summed E-state index contributed by atoms with van der Waals surface area (Å²) in [4.78, 5) is 21.8. The maximum atomic E-state index is 12.6. The highest BCUT2D eigenvalue weighted by Gasteiger charge is 2.21. The number of hydrogen-bond donors (Lipinski definition) is 0. The van der Waals surface area contributed by atoms with E-state index in [2.05, 4.69) is 22.4 Å². The molecule has 0 N–H and O–H groups in total. The summed E-state index contributed by atoms with van der Waals surface area (Å²) in [5.41, 5.74) is 3.45. The molecule has 1 aromatic heterocycles. The molecule has 0 atom stereocenters. The molecule has 1 amide bonds. The predicted molar refractivity (Wildman–Crippen MR) is 125 cm³/mol. The third-order valence-corrected chi connectivity index (χ3v) is 6.49. The lowest BCUT2D eigenvalue weighted by Gasteiger charge is -2.34. The topological polar surface area (TPSA) is 45.7 Å². The Morgan fingerprint density at radius 1 is 1.03 bits per heavy atom.